The third-order valence-electron chi connectivity index (χ3n) is 12.9. The summed E-state index contributed by atoms with van der Waals surface area (Å²) in [5.74, 6) is 0.653. The van der Waals surface area contributed by atoms with Gasteiger partial charge in [0.1, 0.15) is 0 Å². The van der Waals surface area contributed by atoms with Crippen LogP contribution in [-0.4, -0.2) is 14.5 Å². The van der Waals surface area contributed by atoms with Crippen LogP contribution in [0.5, 0.6) is 0 Å². The van der Waals surface area contributed by atoms with Crippen molar-refractivity contribution in [2.45, 2.75) is 18.8 Å². The molecule has 4 heteroatoms. The van der Waals surface area contributed by atoms with E-state index in [1.165, 1.54) is 67.7 Å². The topological polar surface area (TPSA) is 34.0 Å². The summed E-state index contributed by atoms with van der Waals surface area (Å²) >= 11 is 0. The van der Waals surface area contributed by atoms with Crippen molar-refractivity contribution in [3.8, 4) is 50.5 Å². The second kappa shape index (κ2) is 13.4. The van der Waals surface area contributed by atoms with Gasteiger partial charge in [-0.3, -0.25) is 0 Å². The lowest BCUT2D eigenvalue weighted by atomic mass is 9.93. The summed E-state index contributed by atoms with van der Waals surface area (Å²) in [6.07, 6.45) is 2.51. The molecular weight excluding hydrogens is 741 g/mol. The molecular formula is C57H38N4. The van der Waals surface area contributed by atoms with Crippen LogP contribution < -0.4 is 4.90 Å². The second-order valence-corrected chi connectivity index (χ2v) is 16.5. The molecule has 0 N–H and O–H groups in total. The highest BCUT2D eigenvalue weighted by molar-refractivity contribution is 6.23. The third-order valence-corrected chi connectivity index (χ3v) is 12.9. The second-order valence-electron chi connectivity index (χ2n) is 16.5. The number of hydrogen-bond donors (Lipinski definition) is 0. The van der Waals surface area contributed by atoms with Gasteiger partial charge in [-0.15, -0.1) is 0 Å². The molecule has 9 aromatic carbocycles. The number of fused-ring (bicyclic) bond motifs is 11. The minimum Gasteiger partial charge on any atom is -0.309 e. The van der Waals surface area contributed by atoms with Crippen molar-refractivity contribution < 1.29 is 0 Å². The summed E-state index contributed by atoms with van der Waals surface area (Å²) in [7, 11) is 0. The van der Waals surface area contributed by atoms with E-state index in [0.717, 1.165) is 61.8 Å². The molecule has 286 valence electrons. The first-order valence-electron chi connectivity index (χ1n) is 21.3. The van der Waals surface area contributed by atoms with Gasteiger partial charge in [0.25, 0.3) is 0 Å². The van der Waals surface area contributed by atoms with Crippen LogP contribution in [0.2, 0.25) is 0 Å². The Labute approximate surface area is 353 Å². The van der Waals surface area contributed by atoms with Crippen LogP contribution in [0.4, 0.5) is 17.1 Å². The highest BCUT2D eigenvalue weighted by Crippen LogP contribution is 2.53. The first kappa shape index (κ1) is 34.1. The lowest BCUT2D eigenvalue weighted by Crippen LogP contribution is -2.11. The van der Waals surface area contributed by atoms with Crippen LogP contribution >= 0.6 is 0 Å². The van der Waals surface area contributed by atoms with Crippen molar-refractivity contribution in [3.63, 3.8) is 0 Å². The SMILES string of the molecule is c1ccc(-c2nc3cc(C4CC4)ccc3nc2-c2ccc(-n3c4cc5c(cc4c4c6ccccc6ccc43)-c3ccccc3-c3ccccc3N5c3ccccc3)cc2)cc1. The monoisotopic (exact) mass is 778 g/mol. The molecule has 0 radical (unpaired) electrons. The fourth-order valence-corrected chi connectivity index (χ4v) is 9.84. The molecule has 0 atom stereocenters. The van der Waals surface area contributed by atoms with Crippen molar-refractivity contribution in [2.75, 3.05) is 4.90 Å². The Kier molecular flexibility index (Phi) is 7.46. The molecule has 1 aliphatic heterocycles. The van der Waals surface area contributed by atoms with E-state index in [1.807, 2.05) is 0 Å². The molecule has 1 aliphatic carbocycles. The molecule has 0 amide bonds. The smallest absolute Gasteiger partial charge is 0.0973 e. The predicted molar refractivity (Wildman–Crippen MR) is 253 cm³/mol. The van der Waals surface area contributed by atoms with Crippen LogP contribution in [0.1, 0.15) is 24.3 Å². The quantitative estimate of drug-likeness (QED) is 0.174. The average Bonchev–Trinajstić information content (AvgIpc) is 4.15. The van der Waals surface area contributed by atoms with Crippen molar-refractivity contribution >= 4 is 60.7 Å². The molecule has 0 bridgehead atoms. The maximum atomic E-state index is 5.33. The fourth-order valence-electron chi connectivity index (χ4n) is 9.84. The van der Waals surface area contributed by atoms with Gasteiger partial charge in [0.15, 0.2) is 0 Å². The number of benzene rings is 9. The van der Waals surface area contributed by atoms with Crippen molar-refractivity contribution in [2.24, 2.45) is 0 Å². The highest BCUT2D eigenvalue weighted by Gasteiger charge is 2.29. The molecule has 13 rings (SSSR count). The summed E-state index contributed by atoms with van der Waals surface area (Å²) in [5.41, 5.74) is 18.8. The number of para-hydroxylation sites is 2. The summed E-state index contributed by atoms with van der Waals surface area (Å²) in [6.45, 7) is 0. The molecule has 0 unspecified atom stereocenters. The number of aromatic nitrogens is 3. The van der Waals surface area contributed by atoms with E-state index in [9.17, 15) is 0 Å². The van der Waals surface area contributed by atoms with Crippen LogP contribution in [0.15, 0.2) is 200 Å². The van der Waals surface area contributed by atoms with Gasteiger partial charge in [-0.2, -0.15) is 0 Å². The van der Waals surface area contributed by atoms with Gasteiger partial charge >= 0.3 is 0 Å². The molecule has 0 spiro atoms. The highest BCUT2D eigenvalue weighted by atomic mass is 15.2. The zero-order valence-electron chi connectivity index (χ0n) is 33.3. The van der Waals surface area contributed by atoms with Gasteiger partial charge in [0.2, 0.25) is 0 Å². The minimum atomic E-state index is 0.653. The van der Waals surface area contributed by atoms with Gasteiger partial charge in [0.05, 0.1) is 44.8 Å². The van der Waals surface area contributed by atoms with Gasteiger partial charge in [-0.1, -0.05) is 140 Å². The maximum absolute atomic E-state index is 5.33. The number of anilines is 3. The Morgan fingerprint density at radius 2 is 1.07 bits per heavy atom. The number of nitrogens with zero attached hydrogens (tertiary/aromatic N) is 4. The molecule has 11 aromatic rings. The lowest BCUT2D eigenvalue weighted by Gasteiger charge is -2.27. The Balaban J connectivity index is 1.06. The Hall–Kier alpha value is -7.82. The van der Waals surface area contributed by atoms with Crippen molar-refractivity contribution in [1.82, 2.24) is 14.5 Å². The predicted octanol–water partition coefficient (Wildman–Crippen LogP) is 15.2. The van der Waals surface area contributed by atoms with Gasteiger partial charge in [0, 0.05) is 44.4 Å². The number of hydrogen-bond acceptors (Lipinski definition) is 3. The molecule has 2 aliphatic rings. The zero-order chi connectivity index (χ0) is 40.0. The van der Waals surface area contributed by atoms with Crippen LogP contribution in [0.3, 0.4) is 0 Å². The molecule has 3 heterocycles. The molecule has 4 nitrogen and oxygen atoms in total. The fraction of sp³-hybridized carbons (Fsp3) is 0.0526. The molecule has 1 saturated carbocycles. The van der Waals surface area contributed by atoms with Crippen LogP contribution in [0.25, 0.3) is 94.1 Å². The van der Waals surface area contributed by atoms with E-state index < -0.39 is 0 Å². The maximum Gasteiger partial charge on any atom is 0.0973 e. The third kappa shape index (κ3) is 5.39. The Bertz CT molecular complexity index is 3530. The average molecular weight is 779 g/mol. The largest absolute Gasteiger partial charge is 0.309 e. The van der Waals surface area contributed by atoms with Crippen molar-refractivity contribution in [1.29, 1.82) is 0 Å². The molecule has 0 saturated heterocycles. The Morgan fingerprint density at radius 1 is 0.410 bits per heavy atom. The van der Waals surface area contributed by atoms with Gasteiger partial charge in [-0.05, 0) is 107 Å². The molecule has 1 fully saturated rings. The first-order chi connectivity index (χ1) is 30.2. The van der Waals surface area contributed by atoms with E-state index in [2.05, 4.69) is 210 Å². The van der Waals surface area contributed by atoms with Crippen molar-refractivity contribution in [3.05, 3.63) is 206 Å². The first-order valence-corrected chi connectivity index (χ1v) is 21.3. The summed E-state index contributed by atoms with van der Waals surface area (Å²) in [6, 6.07) is 72.8. The summed E-state index contributed by atoms with van der Waals surface area (Å²) in [5, 5.41) is 4.95. The van der Waals surface area contributed by atoms with Gasteiger partial charge < -0.3 is 9.47 Å². The van der Waals surface area contributed by atoms with Gasteiger partial charge in [-0.25, -0.2) is 9.97 Å². The van der Waals surface area contributed by atoms with E-state index in [1.54, 1.807) is 0 Å². The Morgan fingerprint density at radius 3 is 1.85 bits per heavy atom. The molecule has 2 aromatic heterocycles. The lowest BCUT2D eigenvalue weighted by molar-refractivity contribution is 1.13. The standard InChI is InChI=1S/C57H38N4/c1-3-14-38(15-4-1)56-57(58-49-31-27-40(36-23-24-36)33-50(49)59-56)39-25-29-42(30-26-39)61-52-32-28-37-13-7-8-18-43(37)55(52)48-34-47-45-20-10-9-19-44(45)46-21-11-12-22-51(46)60(53(47)35-54(48)61)41-16-5-2-6-17-41/h1-22,25-36H,23-24H2. The van der Waals surface area contributed by atoms with Crippen LogP contribution in [0, 0.1) is 0 Å². The molecule has 61 heavy (non-hydrogen) atoms. The van der Waals surface area contributed by atoms with Crippen LogP contribution in [-0.2, 0) is 0 Å². The minimum absolute atomic E-state index is 0.653. The summed E-state index contributed by atoms with van der Waals surface area (Å²) < 4.78 is 2.45. The van der Waals surface area contributed by atoms with E-state index in [-0.39, 0.29) is 0 Å². The van der Waals surface area contributed by atoms with E-state index in [0.29, 0.717) is 5.92 Å². The van der Waals surface area contributed by atoms with E-state index in [4.69, 9.17) is 9.97 Å². The normalized spacial score (nSPS) is 13.3. The van der Waals surface area contributed by atoms with E-state index >= 15 is 0 Å². The summed E-state index contributed by atoms with van der Waals surface area (Å²) in [4.78, 5) is 13.1. The zero-order valence-corrected chi connectivity index (χ0v) is 33.3. The number of rotatable bonds is 5.